The van der Waals surface area contributed by atoms with E-state index in [1.807, 2.05) is 31.2 Å². The first-order chi connectivity index (χ1) is 9.60. The van der Waals surface area contributed by atoms with Crippen LogP contribution >= 0.6 is 11.8 Å². The second kappa shape index (κ2) is 5.46. The van der Waals surface area contributed by atoms with Crippen molar-refractivity contribution in [3.8, 4) is 0 Å². The largest absolute Gasteiger partial charge is 0.394 e. The van der Waals surface area contributed by atoms with E-state index in [1.54, 1.807) is 0 Å². The van der Waals surface area contributed by atoms with E-state index in [4.69, 9.17) is 9.84 Å². The van der Waals surface area contributed by atoms with Crippen molar-refractivity contribution in [1.29, 1.82) is 0 Å². The van der Waals surface area contributed by atoms with Gasteiger partial charge in [-0.05, 0) is 6.92 Å². The van der Waals surface area contributed by atoms with E-state index in [0.29, 0.717) is 0 Å². The summed E-state index contributed by atoms with van der Waals surface area (Å²) in [4.78, 5) is 4.47. The van der Waals surface area contributed by atoms with E-state index >= 15 is 0 Å². The van der Waals surface area contributed by atoms with E-state index in [-0.39, 0.29) is 12.0 Å². The third-order valence-corrected chi connectivity index (χ3v) is 4.83. The summed E-state index contributed by atoms with van der Waals surface area (Å²) in [6, 6.07) is 7.47. The lowest BCUT2D eigenvalue weighted by Crippen LogP contribution is -2.55. The number of aliphatic hydroxyl groups is 3. The van der Waals surface area contributed by atoms with Crippen LogP contribution in [0.5, 0.6) is 0 Å². The van der Waals surface area contributed by atoms with Crippen molar-refractivity contribution >= 4 is 16.8 Å². The summed E-state index contributed by atoms with van der Waals surface area (Å²) < 4.78 is 5.61. The van der Waals surface area contributed by atoms with Gasteiger partial charge >= 0.3 is 0 Å². The molecule has 1 fully saturated rings. The SMILES string of the molecule is Cc1ccc(C2=N[C@@H]3[C@@H](O)[C@H](O)[C@@H](CO)O[C@@H]3S2)cc1. The number of hydrogen-bond acceptors (Lipinski definition) is 6. The maximum absolute atomic E-state index is 10.1. The van der Waals surface area contributed by atoms with E-state index in [0.717, 1.165) is 10.6 Å². The van der Waals surface area contributed by atoms with Gasteiger partial charge < -0.3 is 20.1 Å². The second-order valence-electron chi connectivity index (χ2n) is 5.12. The van der Waals surface area contributed by atoms with Crippen molar-refractivity contribution in [2.45, 2.75) is 36.7 Å². The van der Waals surface area contributed by atoms with Crippen LogP contribution in [0, 0.1) is 6.92 Å². The lowest BCUT2D eigenvalue weighted by molar-refractivity contribution is -0.164. The summed E-state index contributed by atoms with van der Waals surface area (Å²) in [5, 5.41) is 29.9. The highest BCUT2D eigenvalue weighted by molar-refractivity contribution is 8.15. The van der Waals surface area contributed by atoms with E-state index in [9.17, 15) is 10.2 Å². The van der Waals surface area contributed by atoms with Gasteiger partial charge in [0.2, 0.25) is 0 Å². The van der Waals surface area contributed by atoms with Crippen LogP contribution < -0.4 is 0 Å². The first-order valence-corrected chi connectivity index (χ1v) is 7.42. The number of aliphatic imine (C=N–C) groups is 1. The fraction of sp³-hybridized carbons (Fsp3) is 0.500. The average Bonchev–Trinajstić information content (AvgIpc) is 2.87. The molecule has 1 aromatic rings. The Morgan fingerprint density at radius 1 is 1.20 bits per heavy atom. The maximum Gasteiger partial charge on any atom is 0.134 e. The molecule has 1 saturated heterocycles. The predicted molar refractivity (Wildman–Crippen MR) is 76.9 cm³/mol. The van der Waals surface area contributed by atoms with Crippen molar-refractivity contribution in [3.05, 3.63) is 35.4 Å². The molecule has 5 nitrogen and oxygen atoms in total. The minimum Gasteiger partial charge on any atom is -0.394 e. The van der Waals surface area contributed by atoms with Crippen LogP contribution in [-0.2, 0) is 4.74 Å². The van der Waals surface area contributed by atoms with Gasteiger partial charge in [-0.3, -0.25) is 4.99 Å². The number of thioether (sulfide) groups is 1. The van der Waals surface area contributed by atoms with Crippen LogP contribution in [0.2, 0.25) is 0 Å². The number of rotatable bonds is 2. The Labute approximate surface area is 121 Å². The Balaban J connectivity index is 1.83. The van der Waals surface area contributed by atoms with Crippen LogP contribution in [0.15, 0.2) is 29.3 Å². The van der Waals surface area contributed by atoms with E-state index in [2.05, 4.69) is 4.99 Å². The Hall–Kier alpha value is -0.920. The van der Waals surface area contributed by atoms with Crippen molar-refractivity contribution in [2.24, 2.45) is 4.99 Å². The number of aryl methyl sites for hydroxylation is 1. The van der Waals surface area contributed by atoms with Gasteiger partial charge in [0.05, 0.1) is 6.61 Å². The summed E-state index contributed by atoms with van der Waals surface area (Å²) in [5.74, 6) is 0. The topological polar surface area (TPSA) is 82.3 Å². The van der Waals surface area contributed by atoms with Gasteiger partial charge in [0.25, 0.3) is 0 Å². The van der Waals surface area contributed by atoms with Crippen molar-refractivity contribution < 1.29 is 20.1 Å². The molecular formula is C14H17NO4S. The molecule has 3 rings (SSSR count). The summed E-state index contributed by atoms with van der Waals surface area (Å²) in [5.41, 5.74) is 1.78. The van der Waals surface area contributed by atoms with E-state index in [1.165, 1.54) is 17.3 Å². The summed E-state index contributed by atoms with van der Waals surface area (Å²) in [7, 11) is 0. The molecule has 6 heteroatoms. The first-order valence-electron chi connectivity index (χ1n) is 6.54. The molecular weight excluding hydrogens is 278 g/mol. The van der Waals surface area contributed by atoms with Gasteiger partial charge in [-0.1, -0.05) is 41.6 Å². The molecule has 0 unspecified atom stereocenters. The number of aliphatic hydroxyl groups excluding tert-OH is 3. The Bertz CT molecular complexity index is 518. The molecule has 5 atom stereocenters. The summed E-state index contributed by atoms with van der Waals surface area (Å²) in [6.45, 7) is 1.70. The fourth-order valence-electron chi connectivity index (χ4n) is 2.42. The standard InChI is InChI=1S/C14H17NO4S/c1-7-2-4-8(5-3-7)13-15-10-12(18)11(17)9(6-16)19-14(10)20-13/h2-5,9-12,14,16-18H,6H2,1H3/t9-,10-,11-,12-,14-/m1/s1. The van der Waals surface area contributed by atoms with Crippen LogP contribution in [0.25, 0.3) is 0 Å². The van der Waals surface area contributed by atoms with Gasteiger partial charge in [-0.25, -0.2) is 0 Å². The van der Waals surface area contributed by atoms with Crippen LogP contribution in [0.3, 0.4) is 0 Å². The molecule has 0 spiro atoms. The monoisotopic (exact) mass is 295 g/mol. The Morgan fingerprint density at radius 2 is 1.90 bits per heavy atom. The number of ether oxygens (including phenoxy) is 1. The minimum absolute atomic E-state index is 0.318. The highest BCUT2D eigenvalue weighted by Crippen LogP contribution is 2.38. The molecule has 0 saturated carbocycles. The van der Waals surface area contributed by atoms with E-state index < -0.39 is 24.4 Å². The van der Waals surface area contributed by atoms with Crippen molar-refractivity contribution in [2.75, 3.05) is 6.61 Å². The highest BCUT2D eigenvalue weighted by Gasteiger charge is 2.47. The predicted octanol–water partition coefficient (Wildman–Crippen LogP) is 0.296. The summed E-state index contributed by atoms with van der Waals surface area (Å²) in [6.07, 6.45) is -2.88. The van der Waals surface area contributed by atoms with Crippen LogP contribution in [0.1, 0.15) is 11.1 Å². The summed E-state index contributed by atoms with van der Waals surface area (Å²) >= 11 is 1.42. The molecule has 0 bridgehead atoms. The molecule has 0 amide bonds. The minimum atomic E-state index is -1.11. The van der Waals surface area contributed by atoms with Gasteiger partial charge in [0.15, 0.2) is 0 Å². The molecule has 2 aliphatic rings. The quantitative estimate of drug-likeness (QED) is 0.731. The molecule has 2 heterocycles. The molecule has 3 N–H and O–H groups in total. The zero-order chi connectivity index (χ0) is 14.3. The molecule has 0 aliphatic carbocycles. The number of nitrogens with zero attached hydrogens (tertiary/aromatic N) is 1. The van der Waals surface area contributed by atoms with Crippen molar-refractivity contribution in [3.63, 3.8) is 0 Å². The zero-order valence-corrected chi connectivity index (χ0v) is 11.8. The number of benzene rings is 1. The van der Waals surface area contributed by atoms with Crippen LogP contribution in [0.4, 0.5) is 0 Å². The van der Waals surface area contributed by atoms with Gasteiger partial charge in [0.1, 0.15) is 34.8 Å². The van der Waals surface area contributed by atoms with Crippen molar-refractivity contribution in [1.82, 2.24) is 0 Å². The molecule has 1 aromatic carbocycles. The third kappa shape index (κ3) is 2.38. The fourth-order valence-corrected chi connectivity index (χ4v) is 3.65. The number of hydrogen-bond donors (Lipinski definition) is 3. The van der Waals surface area contributed by atoms with Gasteiger partial charge in [-0.15, -0.1) is 0 Å². The van der Waals surface area contributed by atoms with Gasteiger partial charge in [0, 0.05) is 5.56 Å². The molecule has 108 valence electrons. The lowest BCUT2D eigenvalue weighted by atomic mass is 9.99. The molecule has 2 aliphatic heterocycles. The Morgan fingerprint density at radius 3 is 2.55 bits per heavy atom. The molecule has 0 radical (unpaired) electrons. The maximum atomic E-state index is 10.1. The third-order valence-electron chi connectivity index (χ3n) is 3.64. The molecule has 0 aromatic heterocycles. The Kier molecular flexibility index (Phi) is 3.83. The highest BCUT2D eigenvalue weighted by atomic mass is 32.2. The number of fused-ring (bicyclic) bond motifs is 1. The second-order valence-corrected chi connectivity index (χ2v) is 6.20. The molecule has 20 heavy (non-hydrogen) atoms. The lowest BCUT2D eigenvalue weighted by Gasteiger charge is -2.37. The first kappa shape index (κ1) is 14.0. The smallest absolute Gasteiger partial charge is 0.134 e. The average molecular weight is 295 g/mol. The van der Waals surface area contributed by atoms with Gasteiger partial charge in [-0.2, -0.15) is 0 Å². The van der Waals surface area contributed by atoms with Crippen LogP contribution in [-0.4, -0.2) is 56.8 Å². The zero-order valence-electron chi connectivity index (χ0n) is 11.0. The normalized spacial score (nSPS) is 36.6.